The number of amides is 4. The number of imide groups is 1. The molecule has 0 aromatic heterocycles. The van der Waals surface area contributed by atoms with E-state index in [-0.39, 0.29) is 16.3 Å². The lowest BCUT2D eigenvalue weighted by molar-refractivity contribution is -0.121. The van der Waals surface area contributed by atoms with Crippen LogP contribution in [0.4, 0.5) is 4.79 Å². The van der Waals surface area contributed by atoms with Crippen LogP contribution in [-0.4, -0.2) is 51.8 Å². The Balaban J connectivity index is 2.14. The summed E-state index contributed by atoms with van der Waals surface area (Å²) in [6, 6.07) is 5.25. The molecule has 144 valence electrons. The standard InChI is InChI=1S/C18H21N3O5S/c1-10(21-14(23)11-8-6-7-9-12(11)15(21)24)13(22)19-16(27-5)20-17(25)26-18(2,3)4/h6-10H,1-5H3,(H,19,20,22,25). The molecule has 0 spiro atoms. The maximum atomic E-state index is 12.5. The van der Waals surface area contributed by atoms with Crippen LogP contribution >= 0.6 is 11.8 Å². The van der Waals surface area contributed by atoms with Crippen LogP contribution in [0.15, 0.2) is 29.3 Å². The number of carbonyl (C=O) groups is 4. The molecule has 1 aliphatic rings. The first kappa shape index (κ1) is 20.6. The molecular weight excluding hydrogens is 370 g/mol. The minimum Gasteiger partial charge on any atom is -0.444 e. The van der Waals surface area contributed by atoms with E-state index in [2.05, 4.69) is 10.3 Å². The van der Waals surface area contributed by atoms with E-state index in [9.17, 15) is 19.2 Å². The van der Waals surface area contributed by atoms with E-state index < -0.39 is 35.5 Å². The van der Waals surface area contributed by atoms with Gasteiger partial charge in [-0.05, 0) is 46.1 Å². The van der Waals surface area contributed by atoms with Crippen LogP contribution in [0.3, 0.4) is 0 Å². The lowest BCUT2D eigenvalue weighted by atomic mass is 10.1. The molecule has 1 unspecified atom stereocenters. The molecule has 4 amide bonds. The predicted octanol–water partition coefficient (Wildman–Crippen LogP) is 2.44. The molecular formula is C18H21N3O5S. The van der Waals surface area contributed by atoms with Gasteiger partial charge in [0.25, 0.3) is 17.7 Å². The first-order valence-electron chi connectivity index (χ1n) is 8.18. The summed E-state index contributed by atoms with van der Waals surface area (Å²) >= 11 is 1.03. The predicted molar refractivity (Wildman–Crippen MR) is 102 cm³/mol. The molecule has 9 heteroatoms. The Morgan fingerprint density at radius 3 is 2.11 bits per heavy atom. The molecule has 0 aliphatic carbocycles. The van der Waals surface area contributed by atoms with Crippen molar-refractivity contribution in [2.75, 3.05) is 6.26 Å². The zero-order chi connectivity index (χ0) is 20.4. The van der Waals surface area contributed by atoms with E-state index in [0.717, 1.165) is 16.7 Å². The van der Waals surface area contributed by atoms with Crippen LogP contribution < -0.4 is 5.32 Å². The summed E-state index contributed by atoms with van der Waals surface area (Å²) in [5, 5.41) is 2.39. The van der Waals surface area contributed by atoms with Gasteiger partial charge in [-0.3, -0.25) is 24.6 Å². The van der Waals surface area contributed by atoms with Gasteiger partial charge >= 0.3 is 6.09 Å². The van der Waals surface area contributed by atoms with Crippen molar-refractivity contribution < 1.29 is 23.9 Å². The third kappa shape index (κ3) is 4.73. The lowest BCUT2D eigenvalue weighted by Crippen LogP contribution is -2.43. The van der Waals surface area contributed by atoms with Crippen LogP contribution in [0.25, 0.3) is 0 Å². The van der Waals surface area contributed by atoms with E-state index in [1.54, 1.807) is 39.2 Å². The molecule has 2 rings (SSSR count). The van der Waals surface area contributed by atoms with E-state index in [4.69, 9.17) is 4.74 Å². The number of alkyl carbamates (subject to hydrolysis) is 1. The Hall–Kier alpha value is -2.68. The fourth-order valence-electron chi connectivity index (χ4n) is 2.38. The Labute approximate surface area is 161 Å². The minimum atomic E-state index is -1.11. The molecule has 0 saturated heterocycles. The number of aliphatic imine (C=N–C) groups is 1. The smallest absolute Gasteiger partial charge is 0.413 e. The lowest BCUT2D eigenvalue weighted by Gasteiger charge is -2.21. The number of amidine groups is 1. The van der Waals surface area contributed by atoms with Crippen LogP contribution in [-0.2, 0) is 9.53 Å². The second-order valence-corrected chi connectivity index (χ2v) is 7.58. The van der Waals surface area contributed by atoms with Gasteiger partial charge in [-0.25, -0.2) is 4.79 Å². The molecule has 1 atom stereocenters. The molecule has 1 aromatic rings. The Kier molecular flexibility index (Phi) is 6.04. The number of nitrogens with one attached hydrogen (secondary N) is 1. The SMILES string of the molecule is CS/C(=N/C(=O)C(C)N1C(=O)c2ccccc2C1=O)NC(=O)OC(C)(C)C. The summed E-state index contributed by atoms with van der Waals surface area (Å²) in [6.07, 6.45) is 0.868. The highest BCUT2D eigenvalue weighted by Gasteiger charge is 2.40. The monoisotopic (exact) mass is 391 g/mol. The molecule has 27 heavy (non-hydrogen) atoms. The van der Waals surface area contributed by atoms with Gasteiger partial charge in [0.05, 0.1) is 11.1 Å². The van der Waals surface area contributed by atoms with Gasteiger partial charge in [0, 0.05) is 0 Å². The highest BCUT2D eigenvalue weighted by molar-refractivity contribution is 8.13. The average Bonchev–Trinajstić information content (AvgIpc) is 2.83. The van der Waals surface area contributed by atoms with Gasteiger partial charge in [-0.1, -0.05) is 23.9 Å². The van der Waals surface area contributed by atoms with E-state index in [1.807, 2.05) is 0 Å². The van der Waals surface area contributed by atoms with Gasteiger partial charge < -0.3 is 4.74 Å². The summed E-state index contributed by atoms with van der Waals surface area (Å²) in [5.74, 6) is -1.82. The molecule has 1 aliphatic heterocycles. The molecule has 1 aromatic carbocycles. The minimum absolute atomic E-state index is 0.0118. The van der Waals surface area contributed by atoms with Crippen LogP contribution in [0.1, 0.15) is 48.4 Å². The van der Waals surface area contributed by atoms with Gasteiger partial charge in [-0.2, -0.15) is 4.99 Å². The highest BCUT2D eigenvalue weighted by atomic mass is 32.2. The third-order valence-corrected chi connectivity index (χ3v) is 4.16. The van der Waals surface area contributed by atoms with Crippen molar-refractivity contribution in [2.45, 2.75) is 39.3 Å². The summed E-state index contributed by atoms with van der Waals surface area (Å²) in [4.78, 5) is 53.9. The Morgan fingerprint density at radius 2 is 1.67 bits per heavy atom. The summed E-state index contributed by atoms with van der Waals surface area (Å²) in [5.41, 5.74) is -0.198. The second kappa shape index (κ2) is 7.91. The molecule has 1 N–H and O–H groups in total. The van der Waals surface area contributed by atoms with Crippen molar-refractivity contribution in [1.29, 1.82) is 0 Å². The first-order chi connectivity index (χ1) is 12.5. The number of thioether (sulfide) groups is 1. The number of fused-ring (bicyclic) bond motifs is 1. The van der Waals surface area contributed by atoms with Crippen molar-refractivity contribution in [3.05, 3.63) is 35.4 Å². The molecule has 0 fully saturated rings. The summed E-state index contributed by atoms with van der Waals surface area (Å²) in [7, 11) is 0. The highest BCUT2D eigenvalue weighted by Crippen LogP contribution is 2.24. The fraction of sp³-hybridized carbons (Fsp3) is 0.389. The maximum absolute atomic E-state index is 12.5. The topological polar surface area (TPSA) is 105 Å². The van der Waals surface area contributed by atoms with Crippen molar-refractivity contribution >= 4 is 40.7 Å². The second-order valence-electron chi connectivity index (χ2n) is 6.79. The number of ether oxygens (including phenoxy) is 1. The fourth-order valence-corrected chi connectivity index (χ4v) is 2.75. The normalized spacial score (nSPS) is 15.4. The molecule has 0 saturated carbocycles. The molecule has 1 heterocycles. The first-order valence-corrected chi connectivity index (χ1v) is 9.41. The maximum Gasteiger partial charge on any atom is 0.413 e. The quantitative estimate of drug-likeness (QED) is 0.472. The molecule has 0 radical (unpaired) electrons. The van der Waals surface area contributed by atoms with E-state index in [1.165, 1.54) is 19.1 Å². The van der Waals surface area contributed by atoms with E-state index in [0.29, 0.717) is 0 Å². The van der Waals surface area contributed by atoms with Gasteiger partial charge in [0.15, 0.2) is 5.17 Å². The van der Waals surface area contributed by atoms with Crippen molar-refractivity contribution in [3.8, 4) is 0 Å². The third-order valence-electron chi connectivity index (χ3n) is 3.58. The van der Waals surface area contributed by atoms with E-state index >= 15 is 0 Å². The number of hydrogen-bond acceptors (Lipinski definition) is 6. The van der Waals surface area contributed by atoms with Gasteiger partial charge in [-0.15, -0.1) is 0 Å². The van der Waals surface area contributed by atoms with Gasteiger partial charge in [0.2, 0.25) is 0 Å². The van der Waals surface area contributed by atoms with Crippen molar-refractivity contribution in [2.24, 2.45) is 4.99 Å². The van der Waals surface area contributed by atoms with Gasteiger partial charge in [0.1, 0.15) is 11.6 Å². The zero-order valence-corrected chi connectivity index (χ0v) is 16.5. The Morgan fingerprint density at radius 1 is 1.15 bits per heavy atom. The number of carbonyl (C=O) groups excluding carboxylic acids is 4. The number of hydrogen-bond donors (Lipinski definition) is 1. The largest absolute Gasteiger partial charge is 0.444 e. The zero-order valence-electron chi connectivity index (χ0n) is 15.7. The molecule has 8 nitrogen and oxygen atoms in total. The van der Waals surface area contributed by atoms with Crippen molar-refractivity contribution in [3.63, 3.8) is 0 Å². The van der Waals surface area contributed by atoms with Crippen LogP contribution in [0, 0.1) is 0 Å². The van der Waals surface area contributed by atoms with Crippen molar-refractivity contribution in [1.82, 2.24) is 10.2 Å². The van der Waals surface area contributed by atoms with Crippen LogP contribution in [0.5, 0.6) is 0 Å². The Bertz CT molecular complexity index is 794. The molecule has 0 bridgehead atoms. The number of nitrogens with zero attached hydrogens (tertiary/aromatic N) is 2. The number of rotatable bonds is 2. The summed E-state index contributed by atoms with van der Waals surface area (Å²) in [6.45, 7) is 6.53. The summed E-state index contributed by atoms with van der Waals surface area (Å²) < 4.78 is 5.11. The number of benzene rings is 1. The average molecular weight is 391 g/mol. The van der Waals surface area contributed by atoms with Crippen LogP contribution in [0.2, 0.25) is 0 Å².